The largest absolute Gasteiger partial charge is 0.339 e. The Balaban J connectivity index is 1.67. The predicted molar refractivity (Wildman–Crippen MR) is 83.5 cm³/mol. The second kappa shape index (κ2) is 6.22. The fourth-order valence-corrected chi connectivity index (χ4v) is 5.21. The highest BCUT2D eigenvalue weighted by Crippen LogP contribution is 2.33. The van der Waals surface area contributed by atoms with Crippen LogP contribution >= 0.6 is 0 Å². The summed E-state index contributed by atoms with van der Waals surface area (Å²) in [4.78, 5) is 18.8. The van der Waals surface area contributed by atoms with Crippen LogP contribution < -0.4 is 0 Å². The number of likely N-dealkylation sites (tertiary alicyclic amines) is 1. The third kappa shape index (κ3) is 3.57. The number of amides is 1. The van der Waals surface area contributed by atoms with Crippen LogP contribution in [0.4, 0.5) is 0 Å². The van der Waals surface area contributed by atoms with Crippen LogP contribution in [0.3, 0.4) is 0 Å². The fraction of sp³-hybridized carbons (Fsp3) is 0.800. The van der Waals surface area contributed by atoms with E-state index >= 15 is 0 Å². The first kappa shape index (κ1) is 16.4. The summed E-state index contributed by atoms with van der Waals surface area (Å²) in [6.07, 6.45) is 2.62. The van der Waals surface area contributed by atoms with E-state index in [0.29, 0.717) is 31.1 Å². The molecule has 1 amide bonds. The molecule has 0 N–H and O–H groups in total. The smallest absolute Gasteiger partial charge is 0.229 e. The lowest BCUT2D eigenvalue weighted by atomic mass is 10.0. The number of nitrogens with zero attached hydrogens (tertiary/aromatic N) is 3. The molecule has 0 saturated carbocycles. The van der Waals surface area contributed by atoms with Gasteiger partial charge in [0, 0.05) is 18.9 Å². The number of aromatic nitrogens is 2. The van der Waals surface area contributed by atoms with E-state index in [1.807, 2.05) is 13.8 Å². The summed E-state index contributed by atoms with van der Waals surface area (Å²) in [7, 11) is -2.95. The SMILES string of the molecule is CC(C)c1nc(C2CCCN2C(=O)CC2CCS(=O)(=O)C2)no1. The molecule has 2 fully saturated rings. The molecule has 8 heteroatoms. The highest BCUT2D eigenvalue weighted by Gasteiger charge is 2.36. The highest BCUT2D eigenvalue weighted by atomic mass is 32.2. The maximum atomic E-state index is 12.6. The van der Waals surface area contributed by atoms with E-state index < -0.39 is 9.84 Å². The van der Waals surface area contributed by atoms with Gasteiger partial charge in [-0.3, -0.25) is 4.79 Å². The summed E-state index contributed by atoms with van der Waals surface area (Å²) in [5.74, 6) is 1.61. The van der Waals surface area contributed by atoms with Crippen LogP contribution in [-0.2, 0) is 14.6 Å². The molecule has 3 heterocycles. The molecule has 2 aliphatic rings. The van der Waals surface area contributed by atoms with Crippen molar-refractivity contribution in [3.05, 3.63) is 11.7 Å². The predicted octanol–water partition coefficient (Wildman–Crippen LogP) is 1.68. The van der Waals surface area contributed by atoms with Gasteiger partial charge in [0.05, 0.1) is 17.5 Å². The van der Waals surface area contributed by atoms with Crippen LogP contribution in [0.1, 0.15) is 63.2 Å². The van der Waals surface area contributed by atoms with Crippen LogP contribution in [0.25, 0.3) is 0 Å². The van der Waals surface area contributed by atoms with Gasteiger partial charge in [0.1, 0.15) is 0 Å². The summed E-state index contributed by atoms with van der Waals surface area (Å²) >= 11 is 0. The van der Waals surface area contributed by atoms with Gasteiger partial charge < -0.3 is 9.42 Å². The number of hydrogen-bond donors (Lipinski definition) is 0. The molecule has 0 radical (unpaired) electrons. The average molecular weight is 341 g/mol. The summed E-state index contributed by atoms with van der Waals surface area (Å²) in [5, 5.41) is 4.03. The Bertz CT molecular complexity index is 683. The van der Waals surface area contributed by atoms with E-state index in [-0.39, 0.29) is 35.3 Å². The third-order valence-electron chi connectivity index (χ3n) is 4.61. The van der Waals surface area contributed by atoms with Crippen molar-refractivity contribution in [2.45, 2.75) is 51.5 Å². The van der Waals surface area contributed by atoms with Crippen molar-refractivity contribution in [2.75, 3.05) is 18.1 Å². The number of hydrogen-bond acceptors (Lipinski definition) is 6. The van der Waals surface area contributed by atoms with Gasteiger partial charge in [0.2, 0.25) is 11.8 Å². The molecule has 0 aliphatic carbocycles. The second-order valence-electron chi connectivity index (χ2n) is 6.86. The van der Waals surface area contributed by atoms with Crippen molar-refractivity contribution < 1.29 is 17.7 Å². The summed E-state index contributed by atoms with van der Waals surface area (Å²) in [6, 6.07) is -0.142. The third-order valence-corrected chi connectivity index (χ3v) is 6.45. The number of carbonyl (C=O) groups is 1. The lowest BCUT2D eigenvalue weighted by molar-refractivity contribution is -0.133. The van der Waals surface area contributed by atoms with E-state index in [1.165, 1.54) is 0 Å². The average Bonchev–Trinajstić information content (AvgIpc) is 3.16. The second-order valence-corrected chi connectivity index (χ2v) is 9.09. The minimum Gasteiger partial charge on any atom is -0.339 e. The molecule has 2 aliphatic heterocycles. The van der Waals surface area contributed by atoms with Gasteiger partial charge in [-0.15, -0.1) is 0 Å². The number of rotatable bonds is 4. The fourth-order valence-electron chi connectivity index (χ4n) is 3.35. The van der Waals surface area contributed by atoms with E-state index in [2.05, 4.69) is 10.1 Å². The zero-order valence-electron chi connectivity index (χ0n) is 13.6. The Morgan fingerprint density at radius 3 is 2.78 bits per heavy atom. The van der Waals surface area contributed by atoms with Gasteiger partial charge >= 0.3 is 0 Å². The number of carbonyl (C=O) groups excluding carboxylic acids is 1. The molecule has 0 bridgehead atoms. The van der Waals surface area contributed by atoms with Crippen LogP contribution in [0.15, 0.2) is 4.52 Å². The van der Waals surface area contributed by atoms with Crippen LogP contribution in [0.2, 0.25) is 0 Å². The van der Waals surface area contributed by atoms with Crippen LogP contribution in [0, 0.1) is 5.92 Å². The highest BCUT2D eigenvalue weighted by molar-refractivity contribution is 7.91. The molecule has 128 valence electrons. The van der Waals surface area contributed by atoms with Gasteiger partial charge in [-0.05, 0) is 25.2 Å². The summed E-state index contributed by atoms with van der Waals surface area (Å²) in [5.41, 5.74) is 0. The minimum absolute atomic E-state index is 0.00509. The van der Waals surface area contributed by atoms with Crippen molar-refractivity contribution in [1.29, 1.82) is 0 Å². The molecule has 0 aromatic carbocycles. The minimum atomic E-state index is -2.95. The van der Waals surface area contributed by atoms with Crippen molar-refractivity contribution in [2.24, 2.45) is 5.92 Å². The van der Waals surface area contributed by atoms with Gasteiger partial charge in [0.15, 0.2) is 15.7 Å². The molecule has 0 spiro atoms. The Hall–Kier alpha value is -1.44. The Morgan fingerprint density at radius 1 is 1.39 bits per heavy atom. The Morgan fingerprint density at radius 2 is 2.17 bits per heavy atom. The summed E-state index contributed by atoms with van der Waals surface area (Å²) in [6.45, 7) is 4.64. The van der Waals surface area contributed by atoms with Crippen molar-refractivity contribution in [3.8, 4) is 0 Å². The van der Waals surface area contributed by atoms with E-state index in [9.17, 15) is 13.2 Å². The van der Waals surface area contributed by atoms with E-state index in [0.717, 1.165) is 12.8 Å². The van der Waals surface area contributed by atoms with E-state index in [4.69, 9.17) is 4.52 Å². The quantitative estimate of drug-likeness (QED) is 0.827. The molecule has 2 saturated heterocycles. The van der Waals surface area contributed by atoms with Crippen molar-refractivity contribution >= 4 is 15.7 Å². The monoisotopic (exact) mass is 341 g/mol. The van der Waals surface area contributed by atoms with Crippen LogP contribution in [-0.4, -0.2) is 47.4 Å². The molecule has 1 aromatic heterocycles. The lowest BCUT2D eigenvalue weighted by Crippen LogP contribution is -2.32. The van der Waals surface area contributed by atoms with Crippen molar-refractivity contribution in [3.63, 3.8) is 0 Å². The topological polar surface area (TPSA) is 93.4 Å². The molecule has 2 unspecified atom stereocenters. The molecular formula is C15H23N3O4S. The normalized spacial score (nSPS) is 27.0. The first-order valence-corrected chi connectivity index (χ1v) is 10.0. The molecular weight excluding hydrogens is 318 g/mol. The van der Waals surface area contributed by atoms with Gasteiger partial charge in [-0.1, -0.05) is 19.0 Å². The first-order valence-electron chi connectivity index (χ1n) is 8.19. The zero-order chi connectivity index (χ0) is 16.6. The van der Waals surface area contributed by atoms with Gasteiger partial charge in [0.25, 0.3) is 0 Å². The molecule has 2 atom stereocenters. The molecule has 23 heavy (non-hydrogen) atoms. The maximum absolute atomic E-state index is 12.6. The van der Waals surface area contributed by atoms with Gasteiger partial charge in [-0.2, -0.15) is 4.98 Å². The maximum Gasteiger partial charge on any atom is 0.229 e. The summed E-state index contributed by atoms with van der Waals surface area (Å²) < 4.78 is 28.3. The standard InChI is InChI=1S/C15H23N3O4S/c1-10(2)15-16-14(17-22-15)12-4-3-6-18(12)13(19)8-11-5-7-23(20,21)9-11/h10-12H,3-9H2,1-2H3. The Kier molecular flexibility index (Phi) is 4.44. The number of sulfone groups is 1. The first-order chi connectivity index (χ1) is 10.9. The molecule has 3 rings (SSSR count). The van der Waals surface area contributed by atoms with Crippen LogP contribution in [0.5, 0.6) is 0 Å². The molecule has 1 aromatic rings. The lowest BCUT2D eigenvalue weighted by Gasteiger charge is -2.23. The zero-order valence-corrected chi connectivity index (χ0v) is 14.4. The Labute approximate surface area is 136 Å². The molecule has 7 nitrogen and oxygen atoms in total. The van der Waals surface area contributed by atoms with Gasteiger partial charge in [-0.25, -0.2) is 8.42 Å². The van der Waals surface area contributed by atoms with Crippen molar-refractivity contribution in [1.82, 2.24) is 15.0 Å². The van der Waals surface area contributed by atoms with E-state index in [1.54, 1.807) is 4.90 Å².